The second kappa shape index (κ2) is 11.0. The van der Waals surface area contributed by atoms with Crippen LogP contribution >= 0.6 is 0 Å². The number of amides is 2. The topological polar surface area (TPSA) is 105 Å². The first-order chi connectivity index (χ1) is 19.0. The summed E-state index contributed by atoms with van der Waals surface area (Å²) >= 11 is 0. The fourth-order valence-corrected chi connectivity index (χ4v) is 5.51. The van der Waals surface area contributed by atoms with E-state index in [1.54, 1.807) is 24.5 Å². The van der Waals surface area contributed by atoms with Gasteiger partial charge in [-0.05, 0) is 41.0 Å². The molecular formula is C27H26F3N5O4S. The van der Waals surface area contributed by atoms with E-state index in [0.29, 0.717) is 40.8 Å². The third-order valence-corrected chi connectivity index (χ3v) is 7.88. The molecule has 0 spiro atoms. The van der Waals surface area contributed by atoms with E-state index in [1.165, 1.54) is 36.4 Å². The summed E-state index contributed by atoms with van der Waals surface area (Å²) in [6.07, 6.45) is 0.0228. The fourth-order valence-electron chi connectivity index (χ4n) is 4.94. The van der Waals surface area contributed by atoms with Crippen LogP contribution in [-0.2, 0) is 37.8 Å². The Morgan fingerprint density at radius 2 is 1.80 bits per heavy atom. The number of carbonyl (C=O) groups excluding carboxylic acids is 2. The number of hydrogen-bond donors (Lipinski definition) is 1. The molecule has 2 aromatic carbocycles. The molecule has 9 nitrogen and oxygen atoms in total. The van der Waals surface area contributed by atoms with E-state index >= 15 is 0 Å². The Morgan fingerprint density at radius 1 is 1.10 bits per heavy atom. The molecule has 0 bridgehead atoms. The lowest BCUT2D eigenvalue weighted by molar-refractivity contribution is -0.137. The first-order valence-electron chi connectivity index (χ1n) is 12.4. The third kappa shape index (κ3) is 5.56. The van der Waals surface area contributed by atoms with Gasteiger partial charge in [-0.1, -0.05) is 18.2 Å². The van der Waals surface area contributed by atoms with Crippen LogP contribution in [0.5, 0.6) is 0 Å². The van der Waals surface area contributed by atoms with Crippen LogP contribution < -0.4 is 10.2 Å². The summed E-state index contributed by atoms with van der Waals surface area (Å²) in [5.41, 5.74) is 1.64. The predicted molar refractivity (Wildman–Crippen MR) is 141 cm³/mol. The second-order valence-corrected chi connectivity index (χ2v) is 10.9. The van der Waals surface area contributed by atoms with Gasteiger partial charge in [0.25, 0.3) is 5.91 Å². The van der Waals surface area contributed by atoms with E-state index < -0.39 is 40.5 Å². The summed E-state index contributed by atoms with van der Waals surface area (Å²) in [6.45, 7) is 2.69. The second-order valence-electron chi connectivity index (χ2n) is 9.53. The Balaban J connectivity index is 1.33. The minimum absolute atomic E-state index is 0.228. The Labute approximate surface area is 230 Å². The molecule has 13 heteroatoms. The zero-order chi connectivity index (χ0) is 28.6. The molecule has 5 rings (SSSR count). The van der Waals surface area contributed by atoms with Crippen molar-refractivity contribution in [1.29, 1.82) is 0 Å². The van der Waals surface area contributed by atoms with Gasteiger partial charge in [0, 0.05) is 42.0 Å². The number of morpholine rings is 1. The average molecular weight is 574 g/mol. The minimum Gasteiger partial charge on any atom is -0.377 e. The Kier molecular flexibility index (Phi) is 7.60. The summed E-state index contributed by atoms with van der Waals surface area (Å²) in [6, 6.07) is 8.82. The van der Waals surface area contributed by atoms with Gasteiger partial charge in [-0.25, -0.2) is 9.97 Å². The van der Waals surface area contributed by atoms with Gasteiger partial charge >= 0.3 is 6.18 Å². The van der Waals surface area contributed by atoms with Crippen molar-refractivity contribution in [2.75, 3.05) is 36.2 Å². The highest BCUT2D eigenvalue weighted by atomic mass is 32.2. The molecule has 0 radical (unpaired) electrons. The first-order valence-corrected chi connectivity index (χ1v) is 14.0. The van der Waals surface area contributed by atoms with Crippen LogP contribution in [0.4, 0.5) is 24.8 Å². The van der Waals surface area contributed by atoms with Crippen molar-refractivity contribution in [2.45, 2.75) is 36.6 Å². The summed E-state index contributed by atoms with van der Waals surface area (Å²) in [5.74, 6) is -0.378. The highest BCUT2D eigenvalue weighted by Crippen LogP contribution is 2.36. The van der Waals surface area contributed by atoms with Crippen molar-refractivity contribution >= 4 is 34.2 Å². The predicted octanol–water partition coefficient (Wildman–Crippen LogP) is 3.85. The number of fused-ring (bicyclic) bond motifs is 1. The maximum absolute atomic E-state index is 13.3. The zero-order valence-electron chi connectivity index (χ0n) is 21.6. The van der Waals surface area contributed by atoms with Crippen LogP contribution in [0.3, 0.4) is 0 Å². The van der Waals surface area contributed by atoms with Crippen LogP contribution in [0.25, 0.3) is 0 Å². The number of anilines is 2. The average Bonchev–Trinajstić information content (AvgIpc) is 3.33. The summed E-state index contributed by atoms with van der Waals surface area (Å²) in [7, 11) is -1.20. The zero-order valence-corrected chi connectivity index (χ0v) is 22.5. The van der Waals surface area contributed by atoms with Crippen LogP contribution in [0.15, 0.2) is 59.8 Å². The SMILES string of the molecule is CC(=O)N1Cc2cc(S(C)=O)ccc2C1C(=O)Nc1cnc(N2CCOCC2c2ccc(C(F)(F)F)cc2)nc1. The Bertz CT molecular complexity index is 1450. The lowest BCUT2D eigenvalue weighted by Crippen LogP contribution is -2.40. The normalized spacial score (nSPS) is 19.7. The Hall–Kier alpha value is -3.84. The summed E-state index contributed by atoms with van der Waals surface area (Å²) in [4.78, 5) is 38.3. The molecule has 0 aliphatic carbocycles. The molecule has 2 aliphatic rings. The van der Waals surface area contributed by atoms with Gasteiger partial charge in [-0.3, -0.25) is 13.8 Å². The number of aromatic nitrogens is 2. The molecular weight excluding hydrogens is 547 g/mol. The molecule has 0 saturated carbocycles. The number of nitrogens with zero attached hydrogens (tertiary/aromatic N) is 4. The van der Waals surface area contributed by atoms with Gasteiger partial charge in [-0.15, -0.1) is 0 Å². The van der Waals surface area contributed by atoms with Crippen LogP contribution in [0.2, 0.25) is 0 Å². The van der Waals surface area contributed by atoms with Gasteiger partial charge < -0.3 is 19.9 Å². The molecule has 1 saturated heterocycles. The first kappa shape index (κ1) is 27.7. The van der Waals surface area contributed by atoms with Gasteiger partial charge in [-0.2, -0.15) is 13.2 Å². The van der Waals surface area contributed by atoms with Crippen molar-refractivity contribution in [3.63, 3.8) is 0 Å². The molecule has 3 unspecified atom stereocenters. The summed E-state index contributed by atoms with van der Waals surface area (Å²) in [5, 5.41) is 2.77. The van der Waals surface area contributed by atoms with Crippen molar-refractivity contribution in [3.8, 4) is 0 Å². The van der Waals surface area contributed by atoms with Gasteiger partial charge in [0.2, 0.25) is 11.9 Å². The van der Waals surface area contributed by atoms with E-state index in [0.717, 1.165) is 17.7 Å². The van der Waals surface area contributed by atoms with E-state index in [2.05, 4.69) is 15.3 Å². The van der Waals surface area contributed by atoms with Gasteiger partial charge in [0.15, 0.2) is 0 Å². The van der Waals surface area contributed by atoms with Crippen LogP contribution in [-0.4, -0.2) is 56.9 Å². The lowest BCUT2D eigenvalue weighted by Gasteiger charge is -2.36. The number of halogens is 3. The number of nitrogens with one attached hydrogen (secondary N) is 1. The van der Waals surface area contributed by atoms with E-state index in [-0.39, 0.29) is 19.1 Å². The van der Waals surface area contributed by atoms with Gasteiger partial charge in [0.1, 0.15) is 6.04 Å². The van der Waals surface area contributed by atoms with E-state index in [9.17, 15) is 27.0 Å². The molecule has 3 aromatic rings. The molecule has 1 N–H and O–H groups in total. The summed E-state index contributed by atoms with van der Waals surface area (Å²) < 4.78 is 56.4. The van der Waals surface area contributed by atoms with Crippen molar-refractivity contribution < 1.29 is 31.7 Å². The minimum atomic E-state index is -4.43. The molecule has 40 heavy (non-hydrogen) atoms. The number of benzene rings is 2. The fraction of sp³-hybridized carbons (Fsp3) is 0.333. The maximum atomic E-state index is 13.3. The standard InChI is InChI=1S/C27H26F3N5O4S/c1-16(36)35-14-18-11-21(40(2)38)7-8-22(18)24(35)25(37)33-20-12-31-26(32-13-20)34-9-10-39-15-23(34)17-3-5-19(6-4-17)27(28,29)30/h3-8,11-13,23-24H,9-10,14-15H2,1-2H3,(H,33,37). The van der Waals surface area contributed by atoms with E-state index in [4.69, 9.17) is 4.74 Å². The van der Waals surface area contributed by atoms with Crippen molar-refractivity contribution in [1.82, 2.24) is 14.9 Å². The van der Waals surface area contributed by atoms with E-state index in [1.807, 2.05) is 4.90 Å². The van der Waals surface area contributed by atoms with Gasteiger partial charge in [0.05, 0.1) is 42.9 Å². The van der Waals surface area contributed by atoms with Crippen LogP contribution in [0.1, 0.15) is 41.3 Å². The molecule has 3 atom stereocenters. The number of hydrogen-bond acceptors (Lipinski definition) is 7. The molecule has 3 heterocycles. The maximum Gasteiger partial charge on any atom is 0.416 e. The lowest BCUT2D eigenvalue weighted by atomic mass is 10.0. The van der Waals surface area contributed by atoms with Crippen LogP contribution in [0, 0.1) is 0 Å². The molecule has 210 valence electrons. The highest BCUT2D eigenvalue weighted by molar-refractivity contribution is 7.84. The Morgan fingerprint density at radius 3 is 2.42 bits per heavy atom. The third-order valence-electron chi connectivity index (χ3n) is 6.96. The smallest absolute Gasteiger partial charge is 0.377 e. The van der Waals surface area contributed by atoms with Crippen molar-refractivity contribution in [2.24, 2.45) is 0 Å². The number of alkyl halides is 3. The number of carbonyl (C=O) groups is 2. The number of rotatable bonds is 5. The molecule has 1 aromatic heterocycles. The quantitative estimate of drug-likeness (QED) is 0.495. The largest absolute Gasteiger partial charge is 0.416 e. The molecule has 2 amide bonds. The molecule has 1 fully saturated rings. The molecule has 2 aliphatic heterocycles. The number of ether oxygens (including phenoxy) is 1. The van der Waals surface area contributed by atoms with Crippen molar-refractivity contribution in [3.05, 3.63) is 77.1 Å². The monoisotopic (exact) mass is 573 g/mol. The highest BCUT2D eigenvalue weighted by Gasteiger charge is 2.38.